The highest BCUT2D eigenvalue weighted by Gasteiger charge is 2.38. The van der Waals surface area contributed by atoms with Crippen molar-refractivity contribution in [3.05, 3.63) is 44.0 Å². The van der Waals surface area contributed by atoms with E-state index in [-0.39, 0.29) is 11.7 Å². The lowest BCUT2D eigenvalue weighted by atomic mass is 10.3. The summed E-state index contributed by atoms with van der Waals surface area (Å²) >= 11 is 13.2. The van der Waals surface area contributed by atoms with Gasteiger partial charge < -0.3 is 21.1 Å². The Morgan fingerprint density at radius 1 is 1.33 bits per heavy atom. The van der Waals surface area contributed by atoms with Gasteiger partial charge in [-0.05, 0) is 30.7 Å². The van der Waals surface area contributed by atoms with Crippen LogP contribution in [0.3, 0.4) is 0 Å². The van der Waals surface area contributed by atoms with Crippen molar-refractivity contribution in [3.63, 3.8) is 0 Å². The van der Waals surface area contributed by atoms with Gasteiger partial charge in [-0.2, -0.15) is 17.9 Å². The van der Waals surface area contributed by atoms with E-state index in [9.17, 15) is 26.4 Å². The highest BCUT2D eigenvalue weighted by Crippen LogP contribution is 2.25. The maximum absolute atomic E-state index is 12.5. The minimum Gasteiger partial charge on any atom is -0.475 e. The fourth-order valence-corrected chi connectivity index (χ4v) is 5.05. The molecule has 0 aliphatic carbocycles. The molecular formula is C19H20Cl2F3N5O5S2. The lowest BCUT2D eigenvalue weighted by Gasteiger charge is -2.18. The van der Waals surface area contributed by atoms with Gasteiger partial charge in [-0.25, -0.2) is 18.2 Å². The molecule has 2 aromatic heterocycles. The van der Waals surface area contributed by atoms with Crippen LogP contribution < -0.4 is 15.8 Å². The van der Waals surface area contributed by atoms with Gasteiger partial charge in [0.15, 0.2) is 0 Å². The van der Waals surface area contributed by atoms with Crippen molar-refractivity contribution in [1.29, 1.82) is 0 Å². The zero-order chi connectivity index (χ0) is 27.1. The predicted octanol–water partition coefficient (Wildman–Crippen LogP) is 3.27. The number of nitrogens with zero attached hydrogens (tertiary/aromatic N) is 2. The van der Waals surface area contributed by atoms with E-state index < -0.39 is 28.2 Å². The topological polar surface area (TPSA) is 155 Å². The number of nitrogens with one attached hydrogen (secondary N) is 2. The molecule has 0 spiro atoms. The lowest BCUT2D eigenvalue weighted by molar-refractivity contribution is -0.192. The number of alkyl halides is 3. The fourth-order valence-electron chi connectivity index (χ4n) is 2.80. The molecule has 36 heavy (non-hydrogen) atoms. The highest BCUT2D eigenvalue weighted by atomic mass is 35.5. The molecular weight excluding hydrogens is 570 g/mol. The van der Waals surface area contributed by atoms with Crippen LogP contribution in [0.1, 0.15) is 11.3 Å². The molecule has 0 saturated carbocycles. The van der Waals surface area contributed by atoms with Crippen LogP contribution in [0, 0.1) is 0 Å². The molecule has 1 fully saturated rings. The second-order valence-corrected chi connectivity index (χ2v) is 10.8. The summed E-state index contributed by atoms with van der Waals surface area (Å²) in [5, 5.41) is 11.6. The van der Waals surface area contributed by atoms with Gasteiger partial charge in [0.1, 0.15) is 16.9 Å². The van der Waals surface area contributed by atoms with E-state index in [1.165, 1.54) is 23.6 Å². The van der Waals surface area contributed by atoms with E-state index >= 15 is 0 Å². The van der Waals surface area contributed by atoms with Crippen molar-refractivity contribution >= 4 is 74.0 Å². The molecule has 0 bridgehead atoms. The number of halogens is 5. The molecule has 1 aliphatic rings. The predicted molar refractivity (Wildman–Crippen MR) is 131 cm³/mol. The summed E-state index contributed by atoms with van der Waals surface area (Å²) in [7, 11) is -3.75. The van der Waals surface area contributed by atoms with E-state index in [2.05, 4.69) is 15.0 Å². The third-order valence-corrected chi connectivity index (χ3v) is 7.17. The maximum atomic E-state index is 12.5. The molecule has 1 atom stereocenters. The Labute approximate surface area is 217 Å². The number of hydrogen-bond donors (Lipinski definition) is 4. The molecule has 2 aromatic rings. The molecule has 3 heterocycles. The number of nitrogen functional groups attached to an aromatic ring is 1. The summed E-state index contributed by atoms with van der Waals surface area (Å²) in [6.45, 7) is 1.30. The van der Waals surface area contributed by atoms with Gasteiger partial charge in [0, 0.05) is 36.1 Å². The Hall–Kier alpha value is -2.59. The number of carbonyl (C=O) groups excluding carboxylic acids is 1. The number of likely N-dealkylation sites (tertiary alicyclic amines) is 1. The normalized spacial score (nSPS) is 16.2. The maximum Gasteiger partial charge on any atom is 0.490 e. The highest BCUT2D eigenvalue weighted by molar-refractivity contribution is 7.92. The number of sulfonamides is 1. The van der Waals surface area contributed by atoms with Crippen LogP contribution in [0.4, 0.5) is 24.7 Å². The third-order valence-electron chi connectivity index (χ3n) is 4.47. The Morgan fingerprint density at radius 2 is 2.00 bits per heavy atom. The quantitative estimate of drug-likeness (QED) is 0.365. The number of amides is 1. The minimum atomic E-state index is -5.08. The SMILES string of the molecule is Nc1nccc(NCCN2CC[C@H](NS(=O)(=O)C=Cc3ccc(Cl)s3)C2=O)c1Cl.O=C(O)C(F)(F)F. The molecule has 0 radical (unpaired) electrons. The zero-order valence-corrected chi connectivity index (χ0v) is 21.3. The number of rotatable bonds is 8. The van der Waals surface area contributed by atoms with Crippen LogP contribution in [0.15, 0.2) is 29.8 Å². The number of carboxylic acids is 1. The average Bonchev–Trinajstić information content (AvgIpc) is 3.35. The van der Waals surface area contributed by atoms with Crippen LogP contribution >= 0.6 is 34.5 Å². The van der Waals surface area contributed by atoms with Crippen LogP contribution in [-0.2, 0) is 19.6 Å². The number of anilines is 2. The Balaban J connectivity index is 0.000000572. The van der Waals surface area contributed by atoms with Crippen LogP contribution in [0.5, 0.6) is 0 Å². The van der Waals surface area contributed by atoms with Gasteiger partial charge in [0.2, 0.25) is 15.9 Å². The molecule has 3 rings (SSSR count). The molecule has 198 valence electrons. The van der Waals surface area contributed by atoms with Gasteiger partial charge in [-0.15, -0.1) is 11.3 Å². The Bertz CT molecular complexity index is 1220. The summed E-state index contributed by atoms with van der Waals surface area (Å²) in [4.78, 5) is 27.6. The number of hydrogen-bond acceptors (Lipinski definition) is 8. The van der Waals surface area contributed by atoms with E-state index in [0.29, 0.717) is 46.0 Å². The van der Waals surface area contributed by atoms with E-state index in [0.717, 1.165) is 5.41 Å². The molecule has 1 aliphatic heterocycles. The largest absolute Gasteiger partial charge is 0.490 e. The molecule has 0 unspecified atom stereocenters. The molecule has 10 nitrogen and oxygen atoms in total. The number of carboxylic acid groups (broad SMARTS) is 1. The van der Waals surface area contributed by atoms with E-state index in [1.807, 2.05) is 0 Å². The second kappa shape index (κ2) is 12.6. The molecule has 17 heteroatoms. The fraction of sp³-hybridized carbons (Fsp3) is 0.316. The molecule has 1 amide bonds. The number of aromatic nitrogens is 1. The average molecular weight is 590 g/mol. The van der Waals surface area contributed by atoms with Crippen molar-refractivity contribution in [1.82, 2.24) is 14.6 Å². The van der Waals surface area contributed by atoms with Crippen molar-refractivity contribution in [2.45, 2.75) is 18.6 Å². The van der Waals surface area contributed by atoms with Gasteiger partial charge >= 0.3 is 12.1 Å². The molecule has 0 aromatic carbocycles. The Kier molecular flexibility index (Phi) is 10.4. The van der Waals surface area contributed by atoms with Gasteiger partial charge in [0.05, 0.1) is 10.0 Å². The summed E-state index contributed by atoms with van der Waals surface area (Å²) in [6, 6.07) is 4.31. The van der Waals surface area contributed by atoms with Crippen molar-refractivity contribution in [2.24, 2.45) is 0 Å². The standard InChI is InChI=1S/C17H19Cl2N5O3S2.C2HF3O2/c18-14-2-1-11(28-14)5-10-29(26,27)23-13-4-8-24(17(13)25)9-7-21-12-3-6-22-16(20)15(12)19;3-2(4,5)1(6)7/h1-3,5-6,10,13,23H,4,7-9H2,(H3,20,21,22);(H,6,7)/t13-;/m0./s1. The monoisotopic (exact) mass is 589 g/mol. The van der Waals surface area contributed by atoms with Crippen LogP contribution in [-0.4, -0.2) is 67.1 Å². The first-order chi connectivity index (χ1) is 16.7. The van der Waals surface area contributed by atoms with Crippen LogP contribution in [0.2, 0.25) is 9.36 Å². The van der Waals surface area contributed by atoms with Crippen molar-refractivity contribution in [3.8, 4) is 0 Å². The van der Waals surface area contributed by atoms with Crippen molar-refractivity contribution in [2.75, 3.05) is 30.7 Å². The van der Waals surface area contributed by atoms with Gasteiger partial charge in [0.25, 0.3) is 0 Å². The second-order valence-electron chi connectivity index (χ2n) is 7.06. The summed E-state index contributed by atoms with van der Waals surface area (Å²) in [5.74, 6) is -2.79. The Morgan fingerprint density at radius 3 is 2.58 bits per heavy atom. The first kappa shape index (κ1) is 29.6. The first-order valence-corrected chi connectivity index (χ1v) is 13.0. The molecule has 5 N–H and O–H groups in total. The summed E-state index contributed by atoms with van der Waals surface area (Å²) in [6.07, 6.45) is -1.70. The number of pyridine rings is 1. The van der Waals surface area contributed by atoms with Gasteiger partial charge in [-0.1, -0.05) is 23.2 Å². The number of nitrogens with two attached hydrogens (primary N) is 1. The zero-order valence-electron chi connectivity index (χ0n) is 18.1. The molecule has 1 saturated heterocycles. The first-order valence-electron chi connectivity index (χ1n) is 9.88. The summed E-state index contributed by atoms with van der Waals surface area (Å²) < 4.78 is 59.2. The number of thiophene rings is 1. The summed E-state index contributed by atoms with van der Waals surface area (Å²) in [5.41, 5.74) is 6.28. The van der Waals surface area contributed by atoms with E-state index in [1.54, 1.807) is 23.1 Å². The minimum absolute atomic E-state index is 0.223. The number of carbonyl (C=O) groups is 2. The van der Waals surface area contributed by atoms with Crippen molar-refractivity contribution < 1.29 is 36.3 Å². The number of aliphatic carboxylic acids is 1. The third kappa shape index (κ3) is 9.13. The van der Waals surface area contributed by atoms with Crippen LogP contribution in [0.25, 0.3) is 6.08 Å². The van der Waals surface area contributed by atoms with E-state index in [4.69, 9.17) is 38.8 Å². The smallest absolute Gasteiger partial charge is 0.475 e. The van der Waals surface area contributed by atoms with Gasteiger partial charge in [-0.3, -0.25) is 4.79 Å². The lowest BCUT2D eigenvalue weighted by Crippen LogP contribution is -2.41.